The normalized spacial score (nSPS) is 11.4. The van der Waals surface area contributed by atoms with Crippen LogP contribution in [0.25, 0.3) is 0 Å². The number of nitrogens with one attached hydrogen (secondary N) is 1. The van der Waals surface area contributed by atoms with E-state index in [1.807, 2.05) is 25.1 Å². The molecule has 0 aliphatic carbocycles. The fraction of sp³-hybridized carbons (Fsp3) is 0.385. The summed E-state index contributed by atoms with van der Waals surface area (Å²) in [6.45, 7) is 4.06. The first-order chi connectivity index (χ1) is 8.15. The summed E-state index contributed by atoms with van der Waals surface area (Å²) in [6.07, 6.45) is 3.15. The van der Waals surface area contributed by atoms with Crippen molar-refractivity contribution in [1.29, 1.82) is 0 Å². The third-order valence-corrected chi connectivity index (χ3v) is 3.05. The van der Waals surface area contributed by atoms with Crippen LogP contribution in [0.3, 0.4) is 0 Å². The number of halogens is 1. The van der Waals surface area contributed by atoms with Crippen molar-refractivity contribution in [3.05, 3.63) is 34.3 Å². The molecule has 1 rings (SSSR count). The predicted molar refractivity (Wildman–Crippen MR) is 74.2 cm³/mol. The van der Waals surface area contributed by atoms with Gasteiger partial charge in [0.2, 0.25) is 0 Å². The van der Waals surface area contributed by atoms with E-state index in [1.165, 1.54) is 0 Å². The number of unbranched alkanes of at least 4 members (excludes halogenated alkanes) is 1. The van der Waals surface area contributed by atoms with Gasteiger partial charge < -0.3 is 0 Å². The summed E-state index contributed by atoms with van der Waals surface area (Å²) in [7, 11) is 0. The highest BCUT2D eigenvalue weighted by molar-refractivity contribution is 9.10. The van der Waals surface area contributed by atoms with Gasteiger partial charge in [0.05, 0.1) is 5.56 Å². The molecule has 0 atom stereocenters. The molecular formula is C13H17BrN2O. The lowest BCUT2D eigenvalue weighted by Crippen LogP contribution is -2.19. The molecule has 0 aliphatic heterocycles. The fourth-order valence-electron chi connectivity index (χ4n) is 1.34. The highest BCUT2D eigenvalue weighted by Gasteiger charge is 2.07. The van der Waals surface area contributed by atoms with Gasteiger partial charge in [-0.25, -0.2) is 5.43 Å². The summed E-state index contributed by atoms with van der Waals surface area (Å²) in [5.74, 6) is -0.187. The molecular weight excluding hydrogens is 280 g/mol. The average molecular weight is 297 g/mol. The number of hydrazone groups is 1. The van der Waals surface area contributed by atoms with Gasteiger partial charge in [-0.3, -0.25) is 4.79 Å². The van der Waals surface area contributed by atoms with E-state index in [4.69, 9.17) is 0 Å². The molecule has 0 radical (unpaired) electrons. The van der Waals surface area contributed by atoms with Crippen molar-refractivity contribution in [1.82, 2.24) is 5.43 Å². The first-order valence-electron chi connectivity index (χ1n) is 5.73. The van der Waals surface area contributed by atoms with Crippen LogP contribution >= 0.6 is 15.9 Å². The highest BCUT2D eigenvalue weighted by atomic mass is 79.9. The zero-order valence-electron chi connectivity index (χ0n) is 10.2. The number of amides is 1. The van der Waals surface area contributed by atoms with E-state index in [-0.39, 0.29) is 5.91 Å². The number of hydrogen-bond acceptors (Lipinski definition) is 2. The third-order valence-electron chi connectivity index (χ3n) is 2.36. The lowest BCUT2D eigenvalue weighted by atomic mass is 10.2. The van der Waals surface area contributed by atoms with Crippen molar-refractivity contribution in [2.45, 2.75) is 33.1 Å². The van der Waals surface area contributed by atoms with E-state index in [2.05, 4.69) is 33.4 Å². The van der Waals surface area contributed by atoms with Gasteiger partial charge in [0, 0.05) is 10.2 Å². The largest absolute Gasteiger partial charge is 0.272 e. The molecule has 0 aromatic heterocycles. The number of carbonyl (C=O) groups is 1. The van der Waals surface area contributed by atoms with E-state index >= 15 is 0 Å². The van der Waals surface area contributed by atoms with Crippen molar-refractivity contribution >= 4 is 27.5 Å². The lowest BCUT2D eigenvalue weighted by Gasteiger charge is -2.03. The molecule has 1 aromatic carbocycles. The molecule has 0 saturated heterocycles. The molecule has 0 saturated carbocycles. The first kappa shape index (κ1) is 13.9. The summed E-state index contributed by atoms with van der Waals surface area (Å²) in [5.41, 5.74) is 4.12. The molecule has 0 spiro atoms. The van der Waals surface area contributed by atoms with Gasteiger partial charge in [-0.1, -0.05) is 25.5 Å². The monoisotopic (exact) mass is 296 g/mol. The maximum atomic E-state index is 11.8. The number of rotatable bonds is 5. The Morgan fingerprint density at radius 1 is 1.41 bits per heavy atom. The van der Waals surface area contributed by atoms with Gasteiger partial charge in [-0.15, -0.1) is 0 Å². The molecule has 17 heavy (non-hydrogen) atoms. The van der Waals surface area contributed by atoms with Gasteiger partial charge in [-0.05, 0) is 47.8 Å². The third kappa shape index (κ3) is 4.69. The minimum atomic E-state index is -0.187. The summed E-state index contributed by atoms with van der Waals surface area (Å²) in [4.78, 5) is 11.8. The Bertz CT molecular complexity index is 416. The van der Waals surface area contributed by atoms with Crippen LogP contribution in [0.5, 0.6) is 0 Å². The smallest absolute Gasteiger partial charge is 0.267 e. The predicted octanol–water partition coefficient (Wildman–Crippen LogP) is 3.75. The summed E-state index contributed by atoms with van der Waals surface area (Å²) in [5, 5.41) is 4.08. The van der Waals surface area contributed by atoms with Crippen molar-refractivity contribution in [2.24, 2.45) is 5.10 Å². The van der Waals surface area contributed by atoms with Gasteiger partial charge in [0.25, 0.3) is 5.91 Å². The molecule has 0 aliphatic rings. The second-order valence-corrected chi connectivity index (χ2v) is 4.73. The fourth-order valence-corrected chi connectivity index (χ4v) is 1.81. The van der Waals surface area contributed by atoms with Gasteiger partial charge >= 0.3 is 0 Å². The van der Waals surface area contributed by atoms with Crippen LogP contribution in [0.4, 0.5) is 0 Å². The SMILES string of the molecule is CCCC/C(C)=N\NC(=O)c1ccccc1Br. The number of hydrogen-bond donors (Lipinski definition) is 1. The minimum absolute atomic E-state index is 0.187. The number of nitrogens with zero attached hydrogens (tertiary/aromatic N) is 1. The van der Waals surface area contributed by atoms with E-state index in [1.54, 1.807) is 6.07 Å². The van der Waals surface area contributed by atoms with Crippen LogP contribution in [0.1, 0.15) is 43.5 Å². The summed E-state index contributed by atoms with van der Waals surface area (Å²) >= 11 is 3.34. The molecule has 92 valence electrons. The van der Waals surface area contributed by atoms with Crippen molar-refractivity contribution in [3.63, 3.8) is 0 Å². The Morgan fingerprint density at radius 2 is 2.12 bits per heavy atom. The zero-order chi connectivity index (χ0) is 12.7. The molecule has 0 fully saturated rings. The molecule has 4 heteroatoms. The van der Waals surface area contributed by atoms with Gasteiger partial charge in [0.15, 0.2) is 0 Å². The van der Waals surface area contributed by atoms with Crippen LogP contribution in [0.2, 0.25) is 0 Å². The summed E-state index contributed by atoms with van der Waals surface area (Å²) in [6, 6.07) is 7.29. The molecule has 1 amide bonds. The summed E-state index contributed by atoms with van der Waals surface area (Å²) < 4.78 is 0.777. The molecule has 3 nitrogen and oxygen atoms in total. The second-order valence-electron chi connectivity index (χ2n) is 3.87. The Labute approximate surface area is 110 Å². The molecule has 1 aromatic rings. The Balaban J connectivity index is 2.58. The highest BCUT2D eigenvalue weighted by Crippen LogP contribution is 2.15. The van der Waals surface area contributed by atoms with Crippen LogP contribution in [-0.2, 0) is 0 Å². The maximum absolute atomic E-state index is 11.8. The topological polar surface area (TPSA) is 41.5 Å². The first-order valence-corrected chi connectivity index (χ1v) is 6.52. The Hall–Kier alpha value is -1.16. The van der Waals surface area contributed by atoms with Crippen LogP contribution < -0.4 is 5.43 Å². The lowest BCUT2D eigenvalue weighted by molar-refractivity contribution is 0.0954. The van der Waals surface area contributed by atoms with Crippen molar-refractivity contribution in [2.75, 3.05) is 0 Å². The van der Waals surface area contributed by atoms with Gasteiger partial charge in [-0.2, -0.15) is 5.10 Å². The maximum Gasteiger partial charge on any atom is 0.272 e. The van der Waals surface area contributed by atoms with Crippen LogP contribution in [0.15, 0.2) is 33.8 Å². The molecule has 1 N–H and O–H groups in total. The van der Waals surface area contributed by atoms with Gasteiger partial charge in [0.1, 0.15) is 0 Å². The standard InChI is InChI=1S/C13H17BrN2O/c1-3-4-7-10(2)15-16-13(17)11-8-5-6-9-12(11)14/h5-6,8-9H,3-4,7H2,1-2H3,(H,16,17)/b15-10-. The molecule has 0 heterocycles. The molecule has 0 bridgehead atoms. The average Bonchev–Trinajstić information content (AvgIpc) is 2.34. The zero-order valence-corrected chi connectivity index (χ0v) is 11.8. The Kier molecular flexibility index (Phi) is 5.91. The van der Waals surface area contributed by atoms with Crippen molar-refractivity contribution < 1.29 is 4.79 Å². The second kappa shape index (κ2) is 7.22. The Morgan fingerprint density at radius 3 is 2.76 bits per heavy atom. The number of benzene rings is 1. The van der Waals surface area contributed by atoms with E-state index in [9.17, 15) is 4.79 Å². The van der Waals surface area contributed by atoms with E-state index in [0.717, 1.165) is 29.4 Å². The minimum Gasteiger partial charge on any atom is -0.267 e. The van der Waals surface area contributed by atoms with Crippen LogP contribution in [0, 0.1) is 0 Å². The number of carbonyl (C=O) groups excluding carboxylic acids is 1. The van der Waals surface area contributed by atoms with Crippen molar-refractivity contribution in [3.8, 4) is 0 Å². The quantitative estimate of drug-likeness (QED) is 0.652. The van der Waals surface area contributed by atoms with E-state index in [0.29, 0.717) is 5.56 Å². The molecule has 0 unspecified atom stereocenters. The van der Waals surface area contributed by atoms with Crippen LogP contribution in [-0.4, -0.2) is 11.6 Å². The van der Waals surface area contributed by atoms with E-state index < -0.39 is 0 Å².